The molecule has 0 aliphatic carbocycles. The third-order valence-corrected chi connectivity index (χ3v) is 2.31. The monoisotopic (exact) mass is 249 g/mol. The van der Waals surface area contributed by atoms with Crippen LogP contribution in [-0.2, 0) is 4.79 Å². The van der Waals surface area contributed by atoms with Gasteiger partial charge in [-0.05, 0) is 40.3 Å². The maximum absolute atomic E-state index is 11.7. The van der Waals surface area contributed by atoms with Gasteiger partial charge in [0.05, 0.1) is 6.54 Å². The Bertz CT molecular complexity index is 208. The topological polar surface area (TPSA) is 44.4 Å². The predicted octanol–water partition coefficient (Wildman–Crippen LogP) is 0.618. The quantitative estimate of drug-likeness (QED) is 0.754. The minimum atomic E-state index is -0.124. The fraction of sp³-hybridized carbons (Fsp3) is 0.909. The molecule has 4 nitrogen and oxygen atoms in total. The average Bonchev–Trinajstić information content (AvgIpc) is 2.28. The van der Waals surface area contributed by atoms with Crippen LogP contribution in [0.15, 0.2) is 0 Å². The number of nitrogens with zero attached hydrogens (tertiary/aromatic N) is 1. The molecular weight excluding hydrogens is 226 g/mol. The molecule has 1 aliphatic heterocycles. The average molecular weight is 250 g/mol. The lowest BCUT2D eigenvalue weighted by Gasteiger charge is -2.24. The van der Waals surface area contributed by atoms with Crippen molar-refractivity contribution in [1.29, 1.82) is 0 Å². The van der Waals surface area contributed by atoms with Crippen LogP contribution < -0.4 is 10.6 Å². The number of halogens is 1. The molecule has 16 heavy (non-hydrogen) atoms. The molecule has 0 unspecified atom stereocenters. The third-order valence-electron chi connectivity index (χ3n) is 2.31. The van der Waals surface area contributed by atoms with Crippen LogP contribution in [0.1, 0.15) is 27.2 Å². The van der Waals surface area contributed by atoms with Gasteiger partial charge in [0, 0.05) is 18.6 Å². The summed E-state index contributed by atoms with van der Waals surface area (Å²) in [6.07, 6.45) is 1.13. The summed E-state index contributed by atoms with van der Waals surface area (Å²) in [5, 5.41) is 6.31. The fourth-order valence-corrected chi connectivity index (χ4v) is 1.72. The Labute approximate surface area is 105 Å². The number of nitrogens with one attached hydrogen (secondary N) is 2. The van der Waals surface area contributed by atoms with E-state index in [0.29, 0.717) is 6.54 Å². The first-order valence-electron chi connectivity index (χ1n) is 5.71. The SMILES string of the molecule is CC(C)(C)NC(=O)CN1CCCNCC1.Cl. The van der Waals surface area contributed by atoms with Crippen LogP contribution in [0.5, 0.6) is 0 Å². The summed E-state index contributed by atoms with van der Waals surface area (Å²) >= 11 is 0. The Morgan fingerprint density at radius 1 is 1.31 bits per heavy atom. The van der Waals surface area contributed by atoms with Crippen LogP contribution in [0.25, 0.3) is 0 Å². The van der Waals surface area contributed by atoms with Gasteiger partial charge in [0.2, 0.25) is 5.91 Å². The van der Waals surface area contributed by atoms with E-state index in [0.717, 1.165) is 32.6 Å². The van der Waals surface area contributed by atoms with Gasteiger partial charge in [-0.1, -0.05) is 0 Å². The smallest absolute Gasteiger partial charge is 0.234 e. The highest BCUT2D eigenvalue weighted by Crippen LogP contribution is 2.00. The molecule has 0 aromatic rings. The maximum atomic E-state index is 11.7. The number of rotatable bonds is 2. The highest BCUT2D eigenvalue weighted by atomic mass is 35.5. The predicted molar refractivity (Wildman–Crippen MR) is 69.1 cm³/mol. The zero-order valence-corrected chi connectivity index (χ0v) is 11.3. The van der Waals surface area contributed by atoms with Gasteiger partial charge in [0.15, 0.2) is 0 Å². The van der Waals surface area contributed by atoms with E-state index in [4.69, 9.17) is 0 Å². The number of carbonyl (C=O) groups is 1. The van der Waals surface area contributed by atoms with E-state index in [-0.39, 0.29) is 23.9 Å². The van der Waals surface area contributed by atoms with E-state index in [2.05, 4.69) is 15.5 Å². The molecule has 0 aromatic heterocycles. The summed E-state index contributed by atoms with van der Waals surface area (Å²) in [4.78, 5) is 13.9. The summed E-state index contributed by atoms with van der Waals surface area (Å²) in [6, 6.07) is 0. The van der Waals surface area contributed by atoms with Crippen molar-refractivity contribution in [2.75, 3.05) is 32.7 Å². The van der Waals surface area contributed by atoms with Gasteiger partial charge in [0.1, 0.15) is 0 Å². The van der Waals surface area contributed by atoms with E-state index in [1.165, 1.54) is 0 Å². The van der Waals surface area contributed by atoms with Crippen LogP contribution in [0.2, 0.25) is 0 Å². The first-order valence-corrected chi connectivity index (χ1v) is 5.71. The molecule has 1 fully saturated rings. The second kappa shape index (κ2) is 7.09. The van der Waals surface area contributed by atoms with E-state index in [1.54, 1.807) is 0 Å². The van der Waals surface area contributed by atoms with Crippen molar-refractivity contribution in [2.45, 2.75) is 32.7 Å². The van der Waals surface area contributed by atoms with Gasteiger partial charge in [-0.15, -0.1) is 12.4 Å². The van der Waals surface area contributed by atoms with Crippen molar-refractivity contribution in [1.82, 2.24) is 15.5 Å². The molecule has 96 valence electrons. The molecule has 1 heterocycles. The first-order chi connectivity index (χ1) is 6.97. The van der Waals surface area contributed by atoms with Crippen LogP contribution in [-0.4, -0.2) is 49.1 Å². The van der Waals surface area contributed by atoms with Gasteiger partial charge < -0.3 is 10.6 Å². The van der Waals surface area contributed by atoms with E-state index < -0.39 is 0 Å². The van der Waals surface area contributed by atoms with E-state index in [1.807, 2.05) is 20.8 Å². The molecule has 1 amide bonds. The summed E-state index contributed by atoms with van der Waals surface area (Å²) in [5.74, 6) is 0.129. The molecule has 0 spiro atoms. The van der Waals surface area contributed by atoms with Crippen LogP contribution in [0.4, 0.5) is 0 Å². The van der Waals surface area contributed by atoms with Crippen LogP contribution >= 0.6 is 12.4 Å². The lowest BCUT2D eigenvalue weighted by atomic mass is 10.1. The Hall–Kier alpha value is -0.320. The van der Waals surface area contributed by atoms with Crippen molar-refractivity contribution in [3.8, 4) is 0 Å². The van der Waals surface area contributed by atoms with Gasteiger partial charge in [0.25, 0.3) is 0 Å². The summed E-state index contributed by atoms with van der Waals surface area (Å²) in [6.45, 7) is 10.6. The summed E-state index contributed by atoms with van der Waals surface area (Å²) in [5.41, 5.74) is -0.124. The molecule has 0 saturated carbocycles. The Morgan fingerprint density at radius 3 is 2.62 bits per heavy atom. The number of hydrogen-bond acceptors (Lipinski definition) is 3. The van der Waals surface area contributed by atoms with Crippen molar-refractivity contribution < 1.29 is 4.79 Å². The molecule has 0 radical (unpaired) electrons. The largest absolute Gasteiger partial charge is 0.350 e. The Balaban J connectivity index is 0.00000225. The molecule has 0 aromatic carbocycles. The second-order valence-corrected chi connectivity index (χ2v) is 5.18. The molecule has 5 heteroatoms. The minimum Gasteiger partial charge on any atom is -0.350 e. The van der Waals surface area contributed by atoms with Gasteiger partial charge >= 0.3 is 0 Å². The molecular formula is C11H24ClN3O. The number of amides is 1. The zero-order valence-electron chi connectivity index (χ0n) is 10.5. The number of hydrogen-bond donors (Lipinski definition) is 2. The highest BCUT2D eigenvalue weighted by Gasteiger charge is 2.17. The lowest BCUT2D eigenvalue weighted by Crippen LogP contribution is -2.46. The van der Waals surface area contributed by atoms with Crippen LogP contribution in [0.3, 0.4) is 0 Å². The van der Waals surface area contributed by atoms with Gasteiger partial charge in [-0.25, -0.2) is 0 Å². The zero-order chi connectivity index (χ0) is 11.3. The van der Waals surface area contributed by atoms with Crippen molar-refractivity contribution in [3.05, 3.63) is 0 Å². The summed E-state index contributed by atoms with van der Waals surface area (Å²) in [7, 11) is 0. The third kappa shape index (κ3) is 7.04. The molecule has 1 saturated heterocycles. The molecule has 1 rings (SSSR count). The van der Waals surface area contributed by atoms with E-state index in [9.17, 15) is 4.79 Å². The van der Waals surface area contributed by atoms with Gasteiger partial charge in [-0.3, -0.25) is 9.69 Å². The lowest BCUT2D eigenvalue weighted by molar-refractivity contribution is -0.123. The van der Waals surface area contributed by atoms with Crippen molar-refractivity contribution in [3.63, 3.8) is 0 Å². The minimum absolute atomic E-state index is 0. The Kier molecular flexibility index (Phi) is 6.95. The van der Waals surface area contributed by atoms with E-state index >= 15 is 0 Å². The van der Waals surface area contributed by atoms with Gasteiger partial charge in [-0.2, -0.15) is 0 Å². The molecule has 2 N–H and O–H groups in total. The first kappa shape index (κ1) is 15.7. The standard InChI is InChI=1S/C11H23N3O.ClH/c1-11(2,3)13-10(15)9-14-7-4-5-12-6-8-14;/h12H,4-9H2,1-3H3,(H,13,15);1H. The maximum Gasteiger partial charge on any atom is 0.234 e. The van der Waals surface area contributed by atoms with Crippen molar-refractivity contribution in [2.24, 2.45) is 0 Å². The second-order valence-electron chi connectivity index (χ2n) is 5.18. The Morgan fingerprint density at radius 2 is 2.00 bits per heavy atom. The molecule has 0 atom stereocenters. The van der Waals surface area contributed by atoms with Crippen molar-refractivity contribution >= 4 is 18.3 Å². The molecule has 1 aliphatic rings. The fourth-order valence-electron chi connectivity index (χ4n) is 1.72. The highest BCUT2D eigenvalue weighted by molar-refractivity contribution is 5.85. The molecule has 0 bridgehead atoms. The number of carbonyl (C=O) groups excluding carboxylic acids is 1. The normalized spacial score (nSPS) is 18.4. The van der Waals surface area contributed by atoms with Crippen LogP contribution in [0, 0.1) is 0 Å². The summed E-state index contributed by atoms with van der Waals surface area (Å²) < 4.78 is 0.